The van der Waals surface area contributed by atoms with E-state index in [9.17, 15) is 4.39 Å². The van der Waals surface area contributed by atoms with E-state index in [1.54, 1.807) is 6.07 Å². The van der Waals surface area contributed by atoms with Gasteiger partial charge >= 0.3 is 0 Å². The molecule has 0 atom stereocenters. The topological polar surface area (TPSA) is 26.0 Å². The Kier molecular flexibility index (Phi) is 3.50. The van der Waals surface area contributed by atoms with Crippen LogP contribution in [0.4, 0.5) is 4.39 Å². The van der Waals surface area contributed by atoms with Crippen molar-refractivity contribution < 1.29 is 4.39 Å². The first-order valence-electron chi connectivity index (χ1n) is 5.79. The molecule has 1 fully saturated rings. The standard InChI is InChI=1S/C13H17ClFN/c14-12-7-11(15)4-3-10(12)8-13(9-16)5-1-2-6-13/h3-4,7H,1-2,5-6,8-9,16H2. The normalized spacial score (nSPS) is 18.9. The summed E-state index contributed by atoms with van der Waals surface area (Å²) in [6.07, 6.45) is 5.70. The Morgan fingerprint density at radius 3 is 2.56 bits per heavy atom. The van der Waals surface area contributed by atoms with Gasteiger partial charge in [0.15, 0.2) is 0 Å². The van der Waals surface area contributed by atoms with E-state index in [4.69, 9.17) is 17.3 Å². The lowest BCUT2D eigenvalue weighted by Crippen LogP contribution is -2.29. The first-order chi connectivity index (χ1) is 7.65. The predicted molar refractivity (Wildman–Crippen MR) is 65.1 cm³/mol. The molecule has 0 unspecified atom stereocenters. The van der Waals surface area contributed by atoms with E-state index in [2.05, 4.69) is 0 Å². The van der Waals surface area contributed by atoms with E-state index < -0.39 is 0 Å². The van der Waals surface area contributed by atoms with Gasteiger partial charge in [-0.3, -0.25) is 0 Å². The minimum atomic E-state index is -0.276. The first-order valence-corrected chi connectivity index (χ1v) is 6.17. The molecule has 0 amide bonds. The molecule has 0 saturated heterocycles. The number of rotatable bonds is 3. The van der Waals surface area contributed by atoms with Crippen LogP contribution in [0.3, 0.4) is 0 Å². The average molecular weight is 242 g/mol. The summed E-state index contributed by atoms with van der Waals surface area (Å²) in [4.78, 5) is 0. The summed E-state index contributed by atoms with van der Waals surface area (Å²) in [5, 5.41) is 0.528. The molecule has 3 heteroatoms. The number of benzene rings is 1. The summed E-state index contributed by atoms with van der Waals surface area (Å²) in [5.41, 5.74) is 7.10. The number of hydrogen-bond acceptors (Lipinski definition) is 1. The predicted octanol–water partition coefficient (Wildman–Crippen LogP) is 3.54. The zero-order chi connectivity index (χ0) is 11.6. The van der Waals surface area contributed by atoms with Crippen LogP contribution in [-0.2, 0) is 6.42 Å². The van der Waals surface area contributed by atoms with Crippen molar-refractivity contribution in [1.82, 2.24) is 0 Å². The first kappa shape index (κ1) is 11.9. The molecular weight excluding hydrogens is 225 g/mol. The maximum atomic E-state index is 12.9. The minimum Gasteiger partial charge on any atom is -0.330 e. The van der Waals surface area contributed by atoms with Gasteiger partial charge in [-0.2, -0.15) is 0 Å². The largest absolute Gasteiger partial charge is 0.330 e. The summed E-state index contributed by atoms with van der Waals surface area (Å²) in [6.45, 7) is 0.695. The Morgan fingerprint density at radius 2 is 2.00 bits per heavy atom. The van der Waals surface area contributed by atoms with E-state index >= 15 is 0 Å². The summed E-state index contributed by atoms with van der Waals surface area (Å²) in [6, 6.07) is 4.64. The molecule has 2 rings (SSSR count). The Bertz CT molecular complexity index is 372. The highest BCUT2D eigenvalue weighted by Gasteiger charge is 2.32. The van der Waals surface area contributed by atoms with Crippen molar-refractivity contribution in [3.8, 4) is 0 Å². The smallest absolute Gasteiger partial charge is 0.124 e. The second-order valence-corrected chi connectivity index (χ2v) is 5.23. The van der Waals surface area contributed by atoms with Crippen LogP contribution in [0.15, 0.2) is 18.2 Å². The molecular formula is C13H17ClFN. The fourth-order valence-electron chi connectivity index (χ4n) is 2.65. The van der Waals surface area contributed by atoms with Crippen molar-refractivity contribution >= 4 is 11.6 Å². The molecule has 0 spiro atoms. The molecule has 1 aromatic carbocycles. The third-order valence-electron chi connectivity index (χ3n) is 3.68. The monoisotopic (exact) mass is 241 g/mol. The van der Waals surface area contributed by atoms with Crippen LogP contribution in [0.25, 0.3) is 0 Å². The van der Waals surface area contributed by atoms with Crippen LogP contribution < -0.4 is 5.73 Å². The summed E-state index contributed by atoms with van der Waals surface area (Å²) >= 11 is 6.05. The van der Waals surface area contributed by atoms with E-state index in [1.165, 1.54) is 25.0 Å². The van der Waals surface area contributed by atoms with Gasteiger partial charge in [-0.1, -0.05) is 30.5 Å². The molecule has 16 heavy (non-hydrogen) atoms. The van der Waals surface area contributed by atoms with E-state index in [1.807, 2.05) is 0 Å². The second kappa shape index (κ2) is 4.72. The molecule has 88 valence electrons. The van der Waals surface area contributed by atoms with Crippen LogP contribution in [0.1, 0.15) is 31.2 Å². The van der Waals surface area contributed by atoms with Crippen LogP contribution >= 0.6 is 11.6 Å². The molecule has 2 N–H and O–H groups in total. The van der Waals surface area contributed by atoms with E-state index in [0.717, 1.165) is 24.8 Å². The fraction of sp³-hybridized carbons (Fsp3) is 0.538. The van der Waals surface area contributed by atoms with Crippen molar-refractivity contribution in [3.05, 3.63) is 34.6 Å². The van der Waals surface area contributed by atoms with Gasteiger partial charge < -0.3 is 5.73 Å². The van der Waals surface area contributed by atoms with Crippen molar-refractivity contribution in [1.29, 1.82) is 0 Å². The van der Waals surface area contributed by atoms with Gasteiger partial charge in [-0.05, 0) is 48.9 Å². The Labute approximate surface area is 101 Å². The molecule has 0 bridgehead atoms. The number of halogens is 2. The van der Waals surface area contributed by atoms with Crippen molar-refractivity contribution in [2.24, 2.45) is 11.1 Å². The molecule has 0 aromatic heterocycles. The highest BCUT2D eigenvalue weighted by Crippen LogP contribution is 2.41. The van der Waals surface area contributed by atoms with Gasteiger partial charge in [0.25, 0.3) is 0 Å². The van der Waals surface area contributed by atoms with Crippen LogP contribution in [-0.4, -0.2) is 6.54 Å². The fourth-order valence-corrected chi connectivity index (χ4v) is 2.88. The Hall–Kier alpha value is -0.600. The molecule has 1 aliphatic carbocycles. The lowest BCUT2D eigenvalue weighted by atomic mass is 9.80. The summed E-state index contributed by atoms with van der Waals surface area (Å²) < 4.78 is 12.9. The summed E-state index contributed by atoms with van der Waals surface area (Å²) in [5.74, 6) is -0.276. The minimum absolute atomic E-state index is 0.196. The second-order valence-electron chi connectivity index (χ2n) is 4.82. The zero-order valence-electron chi connectivity index (χ0n) is 9.31. The average Bonchev–Trinajstić information content (AvgIpc) is 2.72. The third kappa shape index (κ3) is 2.38. The maximum absolute atomic E-state index is 12.9. The molecule has 1 aromatic rings. The molecule has 1 nitrogen and oxygen atoms in total. The SMILES string of the molecule is NCC1(Cc2ccc(F)cc2Cl)CCCC1. The molecule has 1 aliphatic rings. The lowest BCUT2D eigenvalue weighted by Gasteiger charge is -2.27. The lowest BCUT2D eigenvalue weighted by molar-refractivity contribution is 0.306. The Balaban J connectivity index is 2.19. The van der Waals surface area contributed by atoms with Crippen LogP contribution in [0, 0.1) is 11.2 Å². The molecule has 0 aliphatic heterocycles. The highest BCUT2D eigenvalue weighted by molar-refractivity contribution is 6.31. The zero-order valence-corrected chi connectivity index (χ0v) is 10.1. The van der Waals surface area contributed by atoms with E-state index in [0.29, 0.717) is 11.6 Å². The van der Waals surface area contributed by atoms with Gasteiger partial charge in [0, 0.05) is 5.02 Å². The third-order valence-corrected chi connectivity index (χ3v) is 4.03. The highest BCUT2D eigenvalue weighted by atomic mass is 35.5. The Morgan fingerprint density at radius 1 is 1.31 bits per heavy atom. The van der Waals surface area contributed by atoms with E-state index in [-0.39, 0.29) is 11.2 Å². The maximum Gasteiger partial charge on any atom is 0.124 e. The molecule has 0 heterocycles. The van der Waals surface area contributed by atoms with Crippen LogP contribution in [0.5, 0.6) is 0 Å². The van der Waals surface area contributed by atoms with Gasteiger partial charge in [-0.15, -0.1) is 0 Å². The quantitative estimate of drug-likeness (QED) is 0.861. The molecule has 0 radical (unpaired) electrons. The van der Waals surface area contributed by atoms with Crippen LogP contribution in [0.2, 0.25) is 5.02 Å². The van der Waals surface area contributed by atoms with Crippen molar-refractivity contribution in [2.75, 3.05) is 6.54 Å². The van der Waals surface area contributed by atoms with Gasteiger partial charge in [0.1, 0.15) is 5.82 Å². The number of hydrogen-bond donors (Lipinski definition) is 1. The summed E-state index contributed by atoms with van der Waals surface area (Å²) in [7, 11) is 0. The molecule has 1 saturated carbocycles. The van der Waals surface area contributed by atoms with Crippen molar-refractivity contribution in [3.63, 3.8) is 0 Å². The van der Waals surface area contributed by atoms with Gasteiger partial charge in [-0.25, -0.2) is 4.39 Å². The van der Waals surface area contributed by atoms with Gasteiger partial charge in [0.2, 0.25) is 0 Å². The van der Waals surface area contributed by atoms with Gasteiger partial charge in [0.05, 0.1) is 0 Å². The van der Waals surface area contributed by atoms with Crippen molar-refractivity contribution in [2.45, 2.75) is 32.1 Å². The number of nitrogens with two attached hydrogens (primary N) is 1.